The topological polar surface area (TPSA) is 111 Å². The standard InChI is InChI=1S/C31H41BrN4O5Si/c1-30(2,3)41-29(39)36-24-11-12-31(4,5)27-22(33-18-34-27)17-23(28(38)40-13-14-42(6,7)8)35-26(37)16-21(24)20-10-9-19(32)15-25(20)36/h9-12,15,17-18,22,27H,13-14,16H2,1-8H3,(H,33,34)(H,35,37)/b12-11-,23-17-. The minimum absolute atomic E-state index is 0.0620. The lowest BCUT2D eigenvalue weighted by atomic mass is 9.80. The number of hydrogen-bond acceptors (Lipinski definition) is 7. The maximum atomic E-state index is 13.6. The lowest BCUT2D eigenvalue weighted by molar-refractivity contribution is -0.140. The van der Waals surface area contributed by atoms with Crippen molar-refractivity contribution in [1.82, 2.24) is 15.2 Å². The predicted octanol–water partition coefficient (Wildman–Crippen LogP) is 6.03. The first-order valence-corrected chi connectivity index (χ1v) is 18.7. The fraction of sp³-hybridized carbons (Fsp3) is 0.484. The minimum atomic E-state index is -1.43. The van der Waals surface area contributed by atoms with Crippen molar-refractivity contribution in [1.29, 1.82) is 0 Å². The number of benzene rings is 1. The molecule has 3 heterocycles. The quantitative estimate of drug-likeness (QED) is 0.307. The Morgan fingerprint density at radius 1 is 1.21 bits per heavy atom. The molecule has 2 unspecified atom stereocenters. The van der Waals surface area contributed by atoms with Crippen LogP contribution in [0.3, 0.4) is 0 Å². The average molecular weight is 658 g/mol. The van der Waals surface area contributed by atoms with Crippen LogP contribution >= 0.6 is 15.9 Å². The number of ether oxygens (including phenoxy) is 2. The normalized spacial score (nSPS) is 22.4. The highest BCUT2D eigenvalue weighted by Gasteiger charge is 2.37. The highest BCUT2D eigenvalue weighted by Crippen LogP contribution is 2.35. The Balaban J connectivity index is 1.85. The highest BCUT2D eigenvalue weighted by atomic mass is 79.9. The van der Waals surface area contributed by atoms with Crippen LogP contribution in [0.2, 0.25) is 25.7 Å². The molecular weight excluding hydrogens is 616 g/mol. The monoisotopic (exact) mass is 656 g/mol. The zero-order valence-corrected chi connectivity index (χ0v) is 28.2. The Labute approximate surface area is 256 Å². The molecule has 226 valence electrons. The summed E-state index contributed by atoms with van der Waals surface area (Å²) in [6, 6.07) is 5.73. The van der Waals surface area contributed by atoms with Gasteiger partial charge < -0.3 is 20.1 Å². The van der Waals surface area contributed by atoms with E-state index in [9.17, 15) is 14.4 Å². The number of fused-ring (bicyclic) bond motifs is 4. The molecule has 11 heteroatoms. The van der Waals surface area contributed by atoms with Gasteiger partial charge in [-0.1, -0.05) is 61.6 Å². The number of hydrogen-bond donors (Lipinski definition) is 2. The van der Waals surface area contributed by atoms with Crippen LogP contribution in [0, 0.1) is 5.41 Å². The predicted molar refractivity (Wildman–Crippen MR) is 172 cm³/mol. The first-order chi connectivity index (χ1) is 19.4. The summed E-state index contributed by atoms with van der Waals surface area (Å²) in [7, 11) is -1.43. The van der Waals surface area contributed by atoms with E-state index in [1.54, 1.807) is 12.4 Å². The van der Waals surface area contributed by atoms with Crippen molar-refractivity contribution in [2.75, 3.05) is 6.61 Å². The maximum absolute atomic E-state index is 13.6. The second-order valence-electron chi connectivity index (χ2n) is 13.7. The number of aliphatic imine (C=N–C) groups is 1. The summed E-state index contributed by atoms with van der Waals surface area (Å²) in [4.78, 5) is 45.0. The van der Waals surface area contributed by atoms with Crippen molar-refractivity contribution in [3.05, 3.63) is 51.8 Å². The summed E-state index contributed by atoms with van der Waals surface area (Å²) >= 11 is 3.52. The fourth-order valence-electron chi connectivity index (χ4n) is 5.01. The van der Waals surface area contributed by atoms with Crippen molar-refractivity contribution in [2.45, 2.75) is 84.4 Å². The minimum Gasteiger partial charge on any atom is -0.461 e. The van der Waals surface area contributed by atoms with Gasteiger partial charge in [0.1, 0.15) is 11.3 Å². The van der Waals surface area contributed by atoms with E-state index in [1.165, 1.54) is 4.57 Å². The summed E-state index contributed by atoms with van der Waals surface area (Å²) in [5.74, 6) is -0.997. The number of rotatable bonds is 4. The second-order valence-corrected chi connectivity index (χ2v) is 20.2. The molecule has 0 bridgehead atoms. The van der Waals surface area contributed by atoms with Crippen LogP contribution in [-0.2, 0) is 25.5 Å². The molecule has 4 rings (SSSR count). The number of aromatic nitrogens is 1. The van der Waals surface area contributed by atoms with E-state index in [0.29, 0.717) is 16.8 Å². The van der Waals surface area contributed by atoms with E-state index in [-0.39, 0.29) is 24.8 Å². The molecular formula is C31H41BrN4O5Si. The van der Waals surface area contributed by atoms with E-state index < -0.39 is 43.1 Å². The summed E-state index contributed by atoms with van der Waals surface area (Å²) in [6.45, 7) is 16.5. The van der Waals surface area contributed by atoms with Gasteiger partial charge in [-0.15, -0.1) is 0 Å². The first-order valence-electron chi connectivity index (χ1n) is 14.2. The second kappa shape index (κ2) is 11.8. The Bertz CT molecular complexity index is 1490. The molecule has 2 aliphatic heterocycles. The third-order valence-corrected chi connectivity index (χ3v) is 9.42. The number of nitrogens with one attached hydrogen (secondary N) is 2. The van der Waals surface area contributed by atoms with E-state index in [1.807, 2.05) is 51.1 Å². The van der Waals surface area contributed by atoms with Gasteiger partial charge in [-0.3, -0.25) is 9.79 Å². The maximum Gasteiger partial charge on any atom is 0.419 e. The van der Waals surface area contributed by atoms with Gasteiger partial charge in [0.25, 0.3) is 0 Å². The van der Waals surface area contributed by atoms with Crippen molar-refractivity contribution in [3.8, 4) is 0 Å². The largest absolute Gasteiger partial charge is 0.461 e. The fourth-order valence-corrected chi connectivity index (χ4v) is 6.08. The van der Waals surface area contributed by atoms with Crippen LogP contribution in [0.25, 0.3) is 17.0 Å². The molecule has 2 atom stereocenters. The summed E-state index contributed by atoms with van der Waals surface area (Å²) in [5, 5.41) is 6.86. The molecule has 2 aliphatic rings. The molecule has 9 nitrogen and oxygen atoms in total. The van der Waals surface area contributed by atoms with E-state index in [0.717, 1.165) is 15.9 Å². The third kappa shape index (κ3) is 7.41. The zero-order chi connectivity index (χ0) is 31.0. The van der Waals surface area contributed by atoms with Crippen molar-refractivity contribution < 1.29 is 23.9 Å². The number of amides is 1. The van der Waals surface area contributed by atoms with Crippen LogP contribution in [0.1, 0.15) is 45.9 Å². The smallest absolute Gasteiger partial charge is 0.419 e. The molecule has 0 saturated carbocycles. The Morgan fingerprint density at radius 2 is 1.93 bits per heavy atom. The van der Waals surface area contributed by atoms with Crippen LogP contribution in [0.15, 0.2) is 45.5 Å². The molecule has 42 heavy (non-hydrogen) atoms. The number of carbonyl (C=O) groups is 3. The van der Waals surface area contributed by atoms with Crippen molar-refractivity contribution >= 4 is 65.3 Å². The Morgan fingerprint density at radius 3 is 2.60 bits per heavy atom. The van der Waals surface area contributed by atoms with Gasteiger partial charge in [-0.05, 0) is 56.7 Å². The summed E-state index contributed by atoms with van der Waals surface area (Å²) in [5.41, 5.74) is 0.641. The number of halogens is 1. The van der Waals surface area contributed by atoms with Crippen molar-refractivity contribution in [2.24, 2.45) is 10.4 Å². The Kier molecular flexibility index (Phi) is 8.94. The third-order valence-electron chi connectivity index (χ3n) is 7.22. The Hall–Kier alpha value is -3.18. The summed E-state index contributed by atoms with van der Waals surface area (Å²) < 4.78 is 13.7. The lowest BCUT2D eigenvalue weighted by Gasteiger charge is -2.32. The lowest BCUT2D eigenvalue weighted by Crippen LogP contribution is -2.44. The zero-order valence-electron chi connectivity index (χ0n) is 25.6. The van der Waals surface area contributed by atoms with Crippen LogP contribution in [0.5, 0.6) is 0 Å². The van der Waals surface area contributed by atoms with Gasteiger partial charge in [-0.25, -0.2) is 14.2 Å². The first kappa shape index (κ1) is 31.7. The highest BCUT2D eigenvalue weighted by molar-refractivity contribution is 9.10. The van der Waals surface area contributed by atoms with Crippen LogP contribution in [-0.4, -0.2) is 61.2 Å². The van der Waals surface area contributed by atoms with E-state index in [2.05, 4.69) is 65.0 Å². The van der Waals surface area contributed by atoms with Gasteiger partial charge in [0.15, 0.2) is 0 Å². The molecule has 0 spiro atoms. The molecule has 2 aromatic rings. The van der Waals surface area contributed by atoms with E-state index >= 15 is 0 Å². The van der Waals surface area contributed by atoms with Crippen LogP contribution < -0.4 is 10.6 Å². The molecule has 1 amide bonds. The van der Waals surface area contributed by atoms with Crippen molar-refractivity contribution in [3.63, 3.8) is 0 Å². The van der Waals surface area contributed by atoms with Gasteiger partial charge in [-0.2, -0.15) is 0 Å². The van der Waals surface area contributed by atoms with Gasteiger partial charge >= 0.3 is 12.1 Å². The van der Waals surface area contributed by atoms with Gasteiger partial charge in [0.05, 0.1) is 42.7 Å². The molecule has 1 aromatic carbocycles. The molecule has 1 aromatic heterocycles. The molecule has 0 saturated heterocycles. The SMILES string of the molecule is CC(C)(C)OC(=O)n1c2c(c3ccc(Br)cc31)CC(=O)N/C(C(=O)OCC[Si](C)(C)C)=C\C1N=CNC1C(C)(C)/C=C\2. The van der Waals surface area contributed by atoms with E-state index in [4.69, 9.17) is 9.47 Å². The molecule has 0 radical (unpaired) electrons. The van der Waals surface area contributed by atoms with Crippen LogP contribution in [0.4, 0.5) is 4.79 Å². The molecule has 2 N–H and O–H groups in total. The van der Waals surface area contributed by atoms with Gasteiger partial charge in [0, 0.05) is 23.3 Å². The molecule has 0 aliphatic carbocycles. The number of esters is 1. The number of carbonyl (C=O) groups excluding carboxylic acids is 3. The summed E-state index contributed by atoms with van der Waals surface area (Å²) in [6.07, 6.45) is 6.57. The molecule has 0 fully saturated rings. The van der Waals surface area contributed by atoms with Gasteiger partial charge in [0.2, 0.25) is 5.91 Å². The average Bonchev–Trinajstić information content (AvgIpc) is 3.42. The number of nitrogens with zero attached hydrogens (tertiary/aromatic N) is 2.